The highest BCUT2D eigenvalue weighted by atomic mass is 35.5. The molecule has 6 nitrogen and oxygen atoms in total. The second-order valence-corrected chi connectivity index (χ2v) is 9.13. The maximum atomic E-state index is 13.6. The molecule has 1 aromatic carbocycles. The van der Waals surface area contributed by atoms with Crippen molar-refractivity contribution in [3.63, 3.8) is 0 Å². The third kappa shape index (κ3) is 3.49. The summed E-state index contributed by atoms with van der Waals surface area (Å²) in [5.41, 5.74) is 2.02. The Hall–Kier alpha value is -2.86. The van der Waals surface area contributed by atoms with Crippen LogP contribution in [0.5, 0.6) is 0 Å². The van der Waals surface area contributed by atoms with Gasteiger partial charge in [0.15, 0.2) is 0 Å². The van der Waals surface area contributed by atoms with Gasteiger partial charge in [-0.25, -0.2) is 0 Å². The molecule has 160 valence electrons. The third-order valence-corrected chi connectivity index (χ3v) is 7.00. The molecule has 2 aliphatic heterocycles. The number of benzene rings is 1. The zero-order valence-corrected chi connectivity index (χ0v) is 18.2. The summed E-state index contributed by atoms with van der Waals surface area (Å²) in [6.07, 6.45) is 4.99. The Labute approximate surface area is 186 Å². The molecule has 2 atom stereocenters. The number of halogens is 1. The summed E-state index contributed by atoms with van der Waals surface area (Å²) < 4.78 is 1.92. The van der Waals surface area contributed by atoms with E-state index in [0.717, 1.165) is 35.9 Å². The largest absolute Gasteiger partial charge is 0.348 e. The van der Waals surface area contributed by atoms with Gasteiger partial charge in [-0.2, -0.15) is 0 Å². The van der Waals surface area contributed by atoms with Crippen LogP contribution < -0.4 is 5.32 Å². The van der Waals surface area contributed by atoms with Crippen molar-refractivity contribution in [1.29, 1.82) is 0 Å². The molecule has 7 heteroatoms. The molecule has 0 aliphatic carbocycles. The molecule has 31 heavy (non-hydrogen) atoms. The van der Waals surface area contributed by atoms with E-state index in [4.69, 9.17) is 11.6 Å². The predicted octanol–water partition coefficient (Wildman–Crippen LogP) is 3.90. The molecular formula is C24H25ClN4O2. The minimum absolute atomic E-state index is 0.0360. The summed E-state index contributed by atoms with van der Waals surface area (Å²) in [5.74, 6) is -0.0121. The van der Waals surface area contributed by atoms with Crippen molar-refractivity contribution in [2.75, 3.05) is 13.1 Å². The highest BCUT2D eigenvalue weighted by Gasteiger charge is 2.50. The summed E-state index contributed by atoms with van der Waals surface area (Å²) in [6, 6.07) is 13.4. The third-order valence-electron chi connectivity index (χ3n) is 6.76. The molecule has 2 saturated heterocycles. The van der Waals surface area contributed by atoms with Crippen molar-refractivity contribution >= 4 is 34.3 Å². The quantitative estimate of drug-likeness (QED) is 0.662. The number of nitrogens with one attached hydrogen (secondary N) is 1. The first-order valence-electron chi connectivity index (χ1n) is 10.7. The molecule has 1 spiro atoms. The zero-order valence-electron chi connectivity index (χ0n) is 17.5. The van der Waals surface area contributed by atoms with Gasteiger partial charge in [-0.15, -0.1) is 0 Å². The molecule has 5 rings (SSSR count). The van der Waals surface area contributed by atoms with Gasteiger partial charge in [-0.05, 0) is 49.2 Å². The van der Waals surface area contributed by atoms with Crippen LogP contribution in [0.25, 0.3) is 10.9 Å². The average molecular weight is 437 g/mol. The monoisotopic (exact) mass is 436 g/mol. The van der Waals surface area contributed by atoms with E-state index in [1.54, 1.807) is 6.20 Å². The zero-order chi connectivity index (χ0) is 21.6. The Morgan fingerprint density at radius 3 is 2.90 bits per heavy atom. The number of likely N-dealkylation sites (tertiary alicyclic amines) is 1. The maximum absolute atomic E-state index is 13.6. The van der Waals surface area contributed by atoms with Gasteiger partial charge in [0, 0.05) is 60.3 Å². The lowest BCUT2D eigenvalue weighted by Gasteiger charge is -2.34. The lowest BCUT2D eigenvalue weighted by atomic mass is 9.81. The number of fused-ring (bicyclic) bond motifs is 1. The summed E-state index contributed by atoms with van der Waals surface area (Å²) in [5, 5.41) is 4.88. The molecular weight excluding hydrogens is 412 g/mol. The van der Waals surface area contributed by atoms with Gasteiger partial charge >= 0.3 is 0 Å². The summed E-state index contributed by atoms with van der Waals surface area (Å²) in [4.78, 5) is 32.6. The van der Waals surface area contributed by atoms with E-state index in [2.05, 4.69) is 10.3 Å². The molecule has 0 unspecified atom stereocenters. The van der Waals surface area contributed by atoms with Crippen LogP contribution in [0.2, 0.25) is 5.02 Å². The highest BCUT2D eigenvalue weighted by molar-refractivity contribution is 6.31. The molecule has 2 aliphatic rings. The van der Waals surface area contributed by atoms with Gasteiger partial charge in [0.1, 0.15) is 5.69 Å². The number of pyridine rings is 1. The van der Waals surface area contributed by atoms with E-state index < -0.39 is 5.54 Å². The molecule has 0 bridgehead atoms. The second kappa shape index (κ2) is 7.68. The number of hydrogen-bond acceptors (Lipinski definition) is 3. The predicted molar refractivity (Wildman–Crippen MR) is 120 cm³/mol. The van der Waals surface area contributed by atoms with Crippen LogP contribution in [0.15, 0.2) is 48.7 Å². The number of aryl methyl sites for hydroxylation is 1. The molecule has 2 amide bonds. The Balaban J connectivity index is 1.52. The summed E-state index contributed by atoms with van der Waals surface area (Å²) in [6.45, 7) is 1.01. The lowest BCUT2D eigenvalue weighted by molar-refractivity contribution is -0.122. The van der Waals surface area contributed by atoms with Crippen molar-refractivity contribution in [2.24, 2.45) is 7.05 Å². The Morgan fingerprint density at radius 1 is 1.23 bits per heavy atom. The fourth-order valence-corrected chi connectivity index (χ4v) is 5.40. The first-order chi connectivity index (χ1) is 15.0. The van der Waals surface area contributed by atoms with Gasteiger partial charge in [-0.3, -0.25) is 14.6 Å². The normalized spacial score (nSPS) is 23.9. The van der Waals surface area contributed by atoms with E-state index in [-0.39, 0.29) is 17.7 Å². The number of carbonyl (C=O) groups excluding carboxylic acids is 2. The van der Waals surface area contributed by atoms with Crippen molar-refractivity contribution in [2.45, 2.75) is 37.1 Å². The molecule has 0 saturated carbocycles. The van der Waals surface area contributed by atoms with Crippen molar-refractivity contribution in [1.82, 2.24) is 19.8 Å². The topological polar surface area (TPSA) is 67.2 Å². The number of carbonyl (C=O) groups is 2. The van der Waals surface area contributed by atoms with Gasteiger partial charge < -0.3 is 14.8 Å². The Bertz CT molecular complexity index is 1160. The van der Waals surface area contributed by atoms with Crippen LogP contribution in [-0.4, -0.2) is 44.9 Å². The second-order valence-electron chi connectivity index (χ2n) is 8.70. The Kier molecular flexibility index (Phi) is 4.97. The molecule has 4 heterocycles. The lowest BCUT2D eigenvalue weighted by Crippen LogP contribution is -2.53. The van der Waals surface area contributed by atoms with E-state index in [1.807, 2.05) is 59.0 Å². The van der Waals surface area contributed by atoms with E-state index in [1.165, 1.54) is 0 Å². The van der Waals surface area contributed by atoms with E-state index in [0.29, 0.717) is 30.2 Å². The molecule has 2 fully saturated rings. The first-order valence-corrected chi connectivity index (χ1v) is 11.1. The van der Waals surface area contributed by atoms with Crippen LogP contribution in [0.4, 0.5) is 0 Å². The van der Waals surface area contributed by atoms with Crippen LogP contribution in [-0.2, 0) is 11.8 Å². The Morgan fingerprint density at radius 2 is 2.10 bits per heavy atom. The fourth-order valence-electron chi connectivity index (χ4n) is 5.22. The molecule has 1 N–H and O–H groups in total. The number of hydrogen-bond donors (Lipinski definition) is 1. The van der Waals surface area contributed by atoms with Gasteiger partial charge in [-0.1, -0.05) is 24.1 Å². The number of amides is 2. The summed E-state index contributed by atoms with van der Waals surface area (Å²) >= 11 is 6.15. The van der Waals surface area contributed by atoms with Crippen LogP contribution in [0, 0.1) is 0 Å². The number of rotatable bonds is 2. The van der Waals surface area contributed by atoms with Crippen LogP contribution in [0.3, 0.4) is 0 Å². The minimum Gasteiger partial charge on any atom is -0.348 e. The fraction of sp³-hybridized carbons (Fsp3) is 0.375. The summed E-state index contributed by atoms with van der Waals surface area (Å²) in [7, 11) is 1.90. The van der Waals surface area contributed by atoms with Crippen molar-refractivity contribution in [3.8, 4) is 0 Å². The maximum Gasteiger partial charge on any atom is 0.270 e. The smallest absolute Gasteiger partial charge is 0.270 e. The standard InChI is InChI=1S/C24H25ClN4O2/c1-28-20-9-8-17(25)12-16(20)13-21(28)23(31)29-14-18(19-6-3-5-11-26-19)24(15-29)10-4-2-7-22(30)27-24/h3,5-6,8-9,11-13,18H,2,4,7,10,14-15H2,1H3,(H,27,30)/t18-,24+/m0/s1. The van der Waals surface area contributed by atoms with Gasteiger partial charge in [0.2, 0.25) is 5.91 Å². The first kappa shape index (κ1) is 20.1. The van der Waals surface area contributed by atoms with Gasteiger partial charge in [0.05, 0.1) is 5.54 Å². The van der Waals surface area contributed by atoms with Crippen molar-refractivity contribution < 1.29 is 9.59 Å². The molecule has 0 radical (unpaired) electrons. The van der Waals surface area contributed by atoms with E-state index in [9.17, 15) is 9.59 Å². The van der Waals surface area contributed by atoms with Crippen LogP contribution in [0.1, 0.15) is 47.8 Å². The van der Waals surface area contributed by atoms with Crippen LogP contribution >= 0.6 is 11.6 Å². The van der Waals surface area contributed by atoms with Crippen molar-refractivity contribution in [3.05, 3.63) is 65.1 Å². The van der Waals surface area contributed by atoms with E-state index >= 15 is 0 Å². The SMILES string of the molecule is Cn1c(C(=O)N2C[C@@H](c3ccccn3)[C@@]3(CCCCC(=O)N3)C2)cc2cc(Cl)ccc21. The highest BCUT2D eigenvalue weighted by Crippen LogP contribution is 2.41. The molecule has 3 aromatic rings. The average Bonchev–Trinajstić information content (AvgIpc) is 3.22. The number of nitrogens with zero attached hydrogens (tertiary/aromatic N) is 3. The number of aromatic nitrogens is 2. The van der Waals surface area contributed by atoms with Gasteiger partial charge in [0.25, 0.3) is 5.91 Å². The minimum atomic E-state index is -0.481. The molecule has 2 aromatic heterocycles.